The summed E-state index contributed by atoms with van der Waals surface area (Å²) in [5, 5.41) is 3.43. The number of rotatable bonds is 1. The van der Waals surface area contributed by atoms with E-state index in [0.29, 0.717) is 18.0 Å². The maximum absolute atomic E-state index is 12.6. The predicted molar refractivity (Wildman–Crippen MR) is 71.4 cm³/mol. The summed E-state index contributed by atoms with van der Waals surface area (Å²) in [7, 11) is 0. The molecule has 0 aromatic rings. The third kappa shape index (κ3) is 2.41. The van der Waals surface area contributed by atoms with Gasteiger partial charge in [0.05, 0.1) is 0 Å². The zero-order chi connectivity index (χ0) is 12.5. The van der Waals surface area contributed by atoms with Crippen LogP contribution in [0.25, 0.3) is 0 Å². The quantitative estimate of drug-likeness (QED) is 0.744. The van der Waals surface area contributed by atoms with Crippen molar-refractivity contribution in [3.63, 3.8) is 0 Å². The average molecular weight is 251 g/mol. The van der Waals surface area contributed by atoms with Crippen molar-refractivity contribution in [1.82, 2.24) is 15.1 Å². The Hall–Kier alpha value is -0.610. The second kappa shape index (κ2) is 5.17. The molecule has 0 aromatic heterocycles. The molecule has 1 N–H and O–H groups in total. The van der Waals surface area contributed by atoms with E-state index in [1.807, 2.05) is 0 Å². The fourth-order valence-corrected chi connectivity index (χ4v) is 3.81. The van der Waals surface area contributed by atoms with E-state index in [9.17, 15) is 4.79 Å². The fourth-order valence-electron chi connectivity index (χ4n) is 3.81. The van der Waals surface area contributed by atoms with Crippen molar-refractivity contribution in [2.24, 2.45) is 5.92 Å². The van der Waals surface area contributed by atoms with Crippen LogP contribution < -0.4 is 5.32 Å². The Labute approximate surface area is 110 Å². The van der Waals surface area contributed by atoms with Crippen molar-refractivity contribution in [1.29, 1.82) is 0 Å². The highest BCUT2D eigenvalue weighted by Gasteiger charge is 2.35. The number of piperidine rings is 1. The molecule has 3 saturated heterocycles. The van der Waals surface area contributed by atoms with Gasteiger partial charge in [-0.25, -0.2) is 0 Å². The van der Waals surface area contributed by atoms with Crippen LogP contribution in [0.3, 0.4) is 0 Å². The first-order chi connectivity index (χ1) is 8.74. The van der Waals surface area contributed by atoms with Crippen molar-refractivity contribution >= 4 is 5.91 Å². The highest BCUT2D eigenvalue weighted by atomic mass is 16.2. The molecule has 0 radical (unpaired) electrons. The smallest absolute Gasteiger partial charge is 0.225 e. The number of carbonyl (C=O) groups excluding carboxylic acids is 1. The van der Waals surface area contributed by atoms with Crippen molar-refractivity contribution < 1.29 is 4.79 Å². The SMILES string of the molecule is C[C@H]1C[C@@H](C(=O)N2CCN3CCCC3C2)CCN1. The minimum Gasteiger partial charge on any atom is -0.340 e. The van der Waals surface area contributed by atoms with E-state index >= 15 is 0 Å². The summed E-state index contributed by atoms with van der Waals surface area (Å²) in [6.07, 6.45) is 4.64. The van der Waals surface area contributed by atoms with E-state index in [2.05, 4.69) is 22.0 Å². The Morgan fingerprint density at radius 1 is 1.22 bits per heavy atom. The second-order valence-electron chi connectivity index (χ2n) is 6.19. The number of amides is 1. The molecule has 1 amide bonds. The van der Waals surface area contributed by atoms with Gasteiger partial charge in [-0.1, -0.05) is 0 Å². The number of carbonyl (C=O) groups is 1. The standard InChI is InChI=1S/C14H25N3O/c1-11-9-12(4-5-15-11)14(18)17-8-7-16-6-2-3-13(16)10-17/h11-13,15H,2-10H2,1H3/t11-,12-,13?/m0/s1. The van der Waals surface area contributed by atoms with Gasteiger partial charge in [-0.3, -0.25) is 9.69 Å². The zero-order valence-electron chi connectivity index (χ0n) is 11.4. The van der Waals surface area contributed by atoms with Gasteiger partial charge in [0.15, 0.2) is 0 Å². The van der Waals surface area contributed by atoms with Gasteiger partial charge in [-0.15, -0.1) is 0 Å². The van der Waals surface area contributed by atoms with E-state index in [0.717, 1.165) is 39.0 Å². The zero-order valence-corrected chi connectivity index (χ0v) is 11.4. The van der Waals surface area contributed by atoms with Gasteiger partial charge in [-0.2, -0.15) is 0 Å². The predicted octanol–water partition coefficient (Wildman–Crippen LogP) is 0.681. The van der Waals surface area contributed by atoms with Crippen LogP contribution in [0, 0.1) is 5.92 Å². The molecule has 4 heteroatoms. The molecule has 3 fully saturated rings. The molecular formula is C14H25N3O. The maximum Gasteiger partial charge on any atom is 0.225 e. The molecule has 3 aliphatic rings. The lowest BCUT2D eigenvalue weighted by atomic mass is 9.91. The first kappa shape index (κ1) is 12.4. The first-order valence-electron chi connectivity index (χ1n) is 7.50. The summed E-state index contributed by atoms with van der Waals surface area (Å²) in [5.41, 5.74) is 0. The van der Waals surface area contributed by atoms with Crippen molar-refractivity contribution in [2.45, 2.75) is 44.7 Å². The molecule has 0 aromatic carbocycles. The third-order valence-electron chi connectivity index (χ3n) is 4.87. The topological polar surface area (TPSA) is 35.6 Å². The van der Waals surface area contributed by atoms with Gasteiger partial charge >= 0.3 is 0 Å². The average Bonchev–Trinajstić information content (AvgIpc) is 2.85. The molecule has 1 unspecified atom stereocenters. The summed E-state index contributed by atoms with van der Waals surface area (Å²) < 4.78 is 0. The molecule has 0 spiro atoms. The Morgan fingerprint density at radius 3 is 2.94 bits per heavy atom. The van der Waals surface area contributed by atoms with Crippen LogP contribution in [-0.2, 0) is 4.79 Å². The van der Waals surface area contributed by atoms with E-state index in [4.69, 9.17) is 0 Å². The molecule has 3 aliphatic heterocycles. The molecule has 0 aliphatic carbocycles. The Balaban J connectivity index is 1.59. The number of nitrogens with one attached hydrogen (secondary N) is 1. The van der Waals surface area contributed by atoms with Crippen LogP contribution in [0.2, 0.25) is 0 Å². The van der Waals surface area contributed by atoms with Gasteiger partial charge < -0.3 is 10.2 Å². The largest absolute Gasteiger partial charge is 0.340 e. The Kier molecular flexibility index (Phi) is 3.57. The van der Waals surface area contributed by atoms with Gasteiger partial charge in [0.25, 0.3) is 0 Å². The summed E-state index contributed by atoms with van der Waals surface area (Å²) >= 11 is 0. The highest BCUT2D eigenvalue weighted by molar-refractivity contribution is 5.79. The third-order valence-corrected chi connectivity index (χ3v) is 4.87. The van der Waals surface area contributed by atoms with Gasteiger partial charge in [0.2, 0.25) is 5.91 Å². The molecule has 3 heterocycles. The van der Waals surface area contributed by atoms with E-state index < -0.39 is 0 Å². The summed E-state index contributed by atoms with van der Waals surface area (Å²) in [6, 6.07) is 1.15. The minimum atomic E-state index is 0.272. The Morgan fingerprint density at radius 2 is 2.11 bits per heavy atom. The van der Waals surface area contributed by atoms with Gasteiger partial charge in [0.1, 0.15) is 0 Å². The molecule has 4 nitrogen and oxygen atoms in total. The van der Waals surface area contributed by atoms with Crippen LogP contribution in [0.15, 0.2) is 0 Å². The highest BCUT2D eigenvalue weighted by Crippen LogP contribution is 2.25. The minimum absolute atomic E-state index is 0.272. The molecule has 0 saturated carbocycles. The van der Waals surface area contributed by atoms with Gasteiger partial charge in [0, 0.05) is 37.6 Å². The van der Waals surface area contributed by atoms with Crippen LogP contribution in [0.5, 0.6) is 0 Å². The van der Waals surface area contributed by atoms with E-state index in [-0.39, 0.29) is 5.92 Å². The van der Waals surface area contributed by atoms with Crippen molar-refractivity contribution in [3.05, 3.63) is 0 Å². The molecular weight excluding hydrogens is 226 g/mol. The van der Waals surface area contributed by atoms with E-state index in [1.54, 1.807) is 0 Å². The second-order valence-corrected chi connectivity index (χ2v) is 6.19. The van der Waals surface area contributed by atoms with Crippen LogP contribution >= 0.6 is 0 Å². The lowest BCUT2D eigenvalue weighted by molar-refractivity contribution is -0.139. The number of fused-ring (bicyclic) bond motifs is 1. The molecule has 0 bridgehead atoms. The monoisotopic (exact) mass is 251 g/mol. The van der Waals surface area contributed by atoms with Crippen LogP contribution in [0.4, 0.5) is 0 Å². The fraction of sp³-hybridized carbons (Fsp3) is 0.929. The van der Waals surface area contributed by atoms with Crippen molar-refractivity contribution in [3.8, 4) is 0 Å². The van der Waals surface area contributed by atoms with Gasteiger partial charge in [-0.05, 0) is 45.7 Å². The van der Waals surface area contributed by atoms with E-state index in [1.165, 1.54) is 19.4 Å². The van der Waals surface area contributed by atoms with Crippen molar-refractivity contribution in [2.75, 3.05) is 32.7 Å². The lowest BCUT2D eigenvalue weighted by Gasteiger charge is -2.40. The Bertz CT molecular complexity index is 320. The number of hydrogen-bond donors (Lipinski definition) is 1. The molecule has 3 atom stereocenters. The van der Waals surface area contributed by atoms with Crippen LogP contribution in [0.1, 0.15) is 32.6 Å². The summed E-state index contributed by atoms with van der Waals surface area (Å²) in [6.45, 7) is 7.47. The summed E-state index contributed by atoms with van der Waals surface area (Å²) in [4.78, 5) is 17.3. The molecule has 102 valence electrons. The summed E-state index contributed by atoms with van der Waals surface area (Å²) in [5.74, 6) is 0.698. The number of hydrogen-bond acceptors (Lipinski definition) is 3. The number of piperazine rings is 1. The first-order valence-corrected chi connectivity index (χ1v) is 7.50. The molecule has 18 heavy (non-hydrogen) atoms. The van der Waals surface area contributed by atoms with Crippen LogP contribution in [-0.4, -0.2) is 60.5 Å². The lowest BCUT2D eigenvalue weighted by Crippen LogP contribution is -2.54. The maximum atomic E-state index is 12.6. The number of nitrogens with zero attached hydrogens (tertiary/aromatic N) is 2. The molecule has 3 rings (SSSR count). The normalized spacial score (nSPS) is 37.6.